The molecule has 0 unspecified atom stereocenters. The van der Waals surface area contributed by atoms with Crippen LogP contribution in [0.15, 0.2) is 57.7 Å². The van der Waals surface area contributed by atoms with Crippen LogP contribution in [0.4, 0.5) is 0 Å². The molecule has 6 nitrogen and oxygen atoms in total. The average molecular weight is 339 g/mol. The third kappa shape index (κ3) is 3.47. The van der Waals surface area contributed by atoms with E-state index in [2.05, 4.69) is 4.98 Å². The molecule has 128 valence electrons. The minimum absolute atomic E-state index is 0.208. The highest BCUT2D eigenvalue weighted by molar-refractivity contribution is 5.65. The van der Waals surface area contributed by atoms with Gasteiger partial charge in [0.1, 0.15) is 5.75 Å². The summed E-state index contributed by atoms with van der Waals surface area (Å²) in [6.45, 7) is 0. The zero-order valence-corrected chi connectivity index (χ0v) is 14.1. The first kappa shape index (κ1) is 16.6. The van der Waals surface area contributed by atoms with E-state index >= 15 is 0 Å². The fourth-order valence-corrected chi connectivity index (χ4v) is 2.40. The van der Waals surface area contributed by atoms with Crippen LogP contribution >= 0.6 is 0 Å². The van der Waals surface area contributed by atoms with Crippen LogP contribution in [0.2, 0.25) is 0 Å². The SMILES string of the molecule is COc1ccc(-c2cc(=O)oc(-c3ccc(OC)c(OC)c3)n2)cc1. The molecule has 0 saturated heterocycles. The number of aromatic nitrogens is 1. The number of benzene rings is 2. The highest BCUT2D eigenvalue weighted by Gasteiger charge is 2.12. The number of nitrogens with zero attached hydrogens (tertiary/aromatic N) is 1. The van der Waals surface area contributed by atoms with Crippen LogP contribution in [0.25, 0.3) is 22.7 Å². The van der Waals surface area contributed by atoms with Crippen LogP contribution in [0.5, 0.6) is 17.2 Å². The van der Waals surface area contributed by atoms with E-state index in [0.717, 1.165) is 11.3 Å². The molecule has 0 bridgehead atoms. The van der Waals surface area contributed by atoms with Crippen LogP contribution in [0.1, 0.15) is 0 Å². The third-order valence-electron chi connectivity index (χ3n) is 3.69. The monoisotopic (exact) mass is 339 g/mol. The summed E-state index contributed by atoms with van der Waals surface area (Å²) >= 11 is 0. The molecule has 0 aliphatic heterocycles. The lowest BCUT2D eigenvalue weighted by molar-refractivity contribution is 0.355. The minimum atomic E-state index is -0.481. The van der Waals surface area contributed by atoms with Gasteiger partial charge in [0.25, 0.3) is 0 Å². The van der Waals surface area contributed by atoms with Gasteiger partial charge in [-0.25, -0.2) is 9.78 Å². The Balaban J connectivity index is 2.06. The van der Waals surface area contributed by atoms with Gasteiger partial charge in [-0.3, -0.25) is 0 Å². The molecule has 6 heteroatoms. The van der Waals surface area contributed by atoms with Gasteiger partial charge in [-0.15, -0.1) is 0 Å². The third-order valence-corrected chi connectivity index (χ3v) is 3.69. The molecule has 3 rings (SSSR count). The first-order valence-electron chi connectivity index (χ1n) is 7.53. The van der Waals surface area contributed by atoms with Crippen molar-refractivity contribution in [1.82, 2.24) is 4.98 Å². The predicted octanol–water partition coefficient (Wildman–Crippen LogP) is 3.39. The second-order valence-electron chi connectivity index (χ2n) is 5.17. The van der Waals surface area contributed by atoms with E-state index < -0.39 is 5.63 Å². The summed E-state index contributed by atoms with van der Waals surface area (Å²) in [5.74, 6) is 2.05. The maximum absolute atomic E-state index is 12.0. The standard InChI is InChI=1S/C19H17NO5/c1-22-14-7-4-12(5-8-14)15-11-18(21)25-19(20-15)13-6-9-16(23-2)17(10-13)24-3/h4-11H,1-3H3. The van der Waals surface area contributed by atoms with Gasteiger partial charge in [0.15, 0.2) is 11.5 Å². The van der Waals surface area contributed by atoms with E-state index in [0.29, 0.717) is 22.8 Å². The summed E-state index contributed by atoms with van der Waals surface area (Å²) in [6.07, 6.45) is 0. The van der Waals surface area contributed by atoms with E-state index in [1.807, 2.05) is 24.3 Å². The Morgan fingerprint density at radius 2 is 1.48 bits per heavy atom. The number of ether oxygens (including phenoxy) is 3. The van der Waals surface area contributed by atoms with E-state index in [4.69, 9.17) is 18.6 Å². The quantitative estimate of drug-likeness (QED) is 0.709. The summed E-state index contributed by atoms with van der Waals surface area (Å²) < 4.78 is 20.9. The Bertz CT molecular complexity index is 931. The molecule has 0 amide bonds. The van der Waals surface area contributed by atoms with Gasteiger partial charge in [-0.2, -0.15) is 0 Å². The molecule has 0 saturated carbocycles. The molecule has 1 aromatic heterocycles. The maximum atomic E-state index is 12.0. The van der Waals surface area contributed by atoms with Crippen LogP contribution in [-0.4, -0.2) is 26.3 Å². The van der Waals surface area contributed by atoms with Crippen molar-refractivity contribution in [3.63, 3.8) is 0 Å². The van der Waals surface area contributed by atoms with Crippen LogP contribution in [0.3, 0.4) is 0 Å². The fourth-order valence-electron chi connectivity index (χ4n) is 2.40. The predicted molar refractivity (Wildman–Crippen MR) is 93.3 cm³/mol. The van der Waals surface area contributed by atoms with Gasteiger partial charge in [-0.1, -0.05) is 0 Å². The molecule has 0 aliphatic rings. The molecule has 25 heavy (non-hydrogen) atoms. The molecule has 0 spiro atoms. The molecule has 0 atom stereocenters. The zero-order chi connectivity index (χ0) is 17.8. The average Bonchev–Trinajstić information content (AvgIpc) is 2.67. The Labute approximate surface area is 144 Å². The maximum Gasteiger partial charge on any atom is 0.339 e. The van der Waals surface area contributed by atoms with Crippen molar-refractivity contribution < 1.29 is 18.6 Å². The molecular weight excluding hydrogens is 322 g/mol. The van der Waals surface area contributed by atoms with Gasteiger partial charge in [-0.05, 0) is 42.5 Å². The number of methoxy groups -OCH3 is 3. The van der Waals surface area contributed by atoms with Gasteiger partial charge < -0.3 is 18.6 Å². The number of hydrogen-bond donors (Lipinski definition) is 0. The van der Waals surface area contributed by atoms with E-state index in [9.17, 15) is 4.79 Å². The molecule has 2 aromatic carbocycles. The Hall–Kier alpha value is -3.28. The Morgan fingerprint density at radius 1 is 0.800 bits per heavy atom. The van der Waals surface area contributed by atoms with Crippen LogP contribution < -0.4 is 19.8 Å². The van der Waals surface area contributed by atoms with Crippen molar-refractivity contribution in [3.05, 3.63) is 59.0 Å². The lowest BCUT2D eigenvalue weighted by Crippen LogP contribution is -2.02. The minimum Gasteiger partial charge on any atom is -0.497 e. The molecule has 0 radical (unpaired) electrons. The summed E-state index contributed by atoms with van der Waals surface area (Å²) in [4.78, 5) is 16.4. The highest BCUT2D eigenvalue weighted by atomic mass is 16.5. The molecule has 0 fully saturated rings. The number of hydrogen-bond acceptors (Lipinski definition) is 6. The van der Waals surface area contributed by atoms with Crippen molar-refractivity contribution in [3.8, 4) is 40.0 Å². The Kier molecular flexibility index (Phi) is 4.70. The number of rotatable bonds is 5. The van der Waals surface area contributed by atoms with Gasteiger partial charge in [0.05, 0.1) is 33.1 Å². The fraction of sp³-hybridized carbons (Fsp3) is 0.158. The lowest BCUT2D eigenvalue weighted by atomic mass is 10.1. The smallest absolute Gasteiger partial charge is 0.339 e. The zero-order valence-electron chi connectivity index (χ0n) is 14.1. The highest BCUT2D eigenvalue weighted by Crippen LogP contribution is 2.32. The molecule has 3 aromatic rings. The largest absolute Gasteiger partial charge is 0.497 e. The summed E-state index contributed by atoms with van der Waals surface area (Å²) in [5.41, 5.74) is 1.44. The summed E-state index contributed by atoms with van der Waals surface area (Å²) in [6, 6.07) is 13.8. The molecule has 0 N–H and O–H groups in total. The molecule has 0 aliphatic carbocycles. The van der Waals surface area contributed by atoms with Gasteiger partial charge >= 0.3 is 5.63 Å². The van der Waals surface area contributed by atoms with Crippen LogP contribution in [0, 0.1) is 0 Å². The van der Waals surface area contributed by atoms with Gasteiger partial charge in [0.2, 0.25) is 5.89 Å². The van der Waals surface area contributed by atoms with Crippen molar-refractivity contribution >= 4 is 0 Å². The van der Waals surface area contributed by atoms with Crippen molar-refractivity contribution in [2.75, 3.05) is 21.3 Å². The molecule has 1 heterocycles. The van der Waals surface area contributed by atoms with Gasteiger partial charge in [0, 0.05) is 11.1 Å². The molecular formula is C19H17NO5. The van der Waals surface area contributed by atoms with Crippen molar-refractivity contribution in [2.45, 2.75) is 0 Å². The second kappa shape index (κ2) is 7.09. The summed E-state index contributed by atoms with van der Waals surface area (Å²) in [7, 11) is 4.69. The Morgan fingerprint density at radius 3 is 2.12 bits per heavy atom. The van der Waals surface area contributed by atoms with E-state index in [-0.39, 0.29) is 5.89 Å². The van der Waals surface area contributed by atoms with Crippen molar-refractivity contribution in [1.29, 1.82) is 0 Å². The summed E-state index contributed by atoms with van der Waals surface area (Å²) in [5, 5.41) is 0. The first-order chi connectivity index (χ1) is 12.1. The van der Waals surface area contributed by atoms with Crippen molar-refractivity contribution in [2.24, 2.45) is 0 Å². The normalized spacial score (nSPS) is 10.4. The lowest BCUT2D eigenvalue weighted by Gasteiger charge is -2.09. The second-order valence-corrected chi connectivity index (χ2v) is 5.17. The van der Waals surface area contributed by atoms with E-state index in [1.165, 1.54) is 6.07 Å². The van der Waals surface area contributed by atoms with E-state index in [1.54, 1.807) is 39.5 Å². The topological polar surface area (TPSA) is 70.8 Å². The van der Waals surface area contributed by atoms with Crippen LogP contribution in [-0.2, 0) is 0 Å². The first-order valence-corrected chi connectivity index (χ1v) is 7.53.